The number of rotatable bonds is 11. The van der Waals surface area contributed by atoms with E-state index in [1.165, 1.54) is 43.0 Å². The molecule has 0 spiro atoms. The van der Waals surface area contributed by atoms with Gasteiger partial charge in [0.05, 0.1) is 37.8 Å². The van der Waals surface area contributed by atoms with Gasteiger partial charge in [0.1, 0.15) is 12.2 Å². The summed E-state index contributed by atoms with van der Waals surface area (Å²) >= 11 is 1.21. The van der Waals surface area contributed by atoms with Crippen LogP contribution in [0.4, 0.5) is 0 Å². The maximum atomic E-state index is 12.8. The molecule has 1 aliphatic carbocycles. The van der Waals surface area contributed by atoms with Crippen LogP contribution in [0.5, 0.6) is 5.88 Å². The smallest absolute Gasteiger partial charge is 0.313 e. The van der Waals surface area contributed by atoms with Crippen LogP contribution in [0.25, 0.3) is 5.57 Å². The van der Waals surface area contributed by atoms with E-state index in [-0.39, 0.29) is 42.1 Å². The minimum Gasteiger partial charge on any atom is -1.00 e. The number of nitrogens with zero attached hydrogens (tertiary/aromatic N) is 3. The summed E-state index contributed by atoms with van der Waals surface area (Å²) in [6.07, 6.45) is 14.1. The van der Waals surface area contributed by atoms with Gasteiger partial charge in [0.2, 0.25) is 6.23 Å². The zero-order valence-electron chi connectivity index (χ0n) is 20.0. The summed E-state index contributed by atoms with van der Waals surface area (Å²) in [5, 5.41) is 0. The van der Waals surface area contributed by atoms with Crippen molar-refractivity contribution in [1.82, 2.24) is 8.75 Å². The van der Waals surface area contributed by atoms with Crippen molar-refractivity contribution in [3.8, 4) is 5.88 Å². The van der Waals surface area contributed by atoms with E-state index in [0.29, 0.717) is 17.0 Å². The highest BCUT2D eigenvalue weighted by molar-refractivity contribution is 6.99. The molecule has 2 atom stereocenters. The van der Waals surface area contributed by atoms with Crippen LogP contribution in [0, 0.1) is 5.92 Å². The molecule has 1 aliphatic heterocycles. The predicted molar refractivity (Wildman–Crippen MR) is 125 cm³/mol. The number of aromatic nitrogens is 2. The number of quaternary nitrogens is 1. The summed E-state index contributed by atoms with van der Waals surface area (Å²) in [7, 11) is 2.21. The predicted octanol–water partition coefficient (Wildman–Crippen LogP) is 2.59. The molecular weight excluding hydrogens is 537 g/mol. The molecule has 3 rings (SSSR count). The SMILES string of the molecule is CCCCCCOc1nsnc1C1=CCC[N+](C)(C(CC)OC(=O)C2CCCCC2)C1.[I-]. The standard InChI is InChI=1S/C24H40N3O3S.HI/c1-4-6-7-11-17-29-23-22(25-31-26-23)20-15-12-16-27(3,18-20)21(5-2)30-24(28)19-13-9-8-10-14-19;/h15,19,21H,4-14,16-18H2,1-3H3;1H/q+1;/p-1. The third kappa shape index (κ3) is 7.38. The Bertz CT molecular complexity index is 736. The van der Waals surface area contributed by atoms with Gasteiger partial charge in [0, 0.05) is 18.4 Å². The zero-order chi connectivity index (χ0) is 22.1. The van der Waals surface area contributed by atoms with E-state index in [1.54, 1.807) is 0 Å². The normalized spacial score (nSPS) is 22.5. The van der Waals surface area contributed by atoms with Crippen molar-refractivity contribution < 1.29 is 42.7 Å². The molecule has 0 aromatic carbocycles. The molecule has 0 amide bonds. The Morgan fingerprint density at radius 1 is 1.19 bits per heavy atom. The number of halogens is 1. The van der Waals surface area contributed by atoms with Crippen LogP contribution in [0.15, 0.2) is 6.08 Å². The molecule has 0 saturated heterocycles. The zero-order valence-corrected chi connectivity index (χ0v) is 23.0. The Kier molecular flexibility index (Phi) is 11.9. The molecule has 2 aliphatic rings. The minimum absolute atomic E-state index is 0. The monoisotopic (exact) mass is 577 g/mol. The van der Waals surface area contributed by atoms with Crippen molar-refractivity contribution in [1.29, 1.82) is 0 Å². The Morgan fingerprint density at radius 3 is 2.69 bits per heavy atom. The average Bonchev–Trinajstić information content (AvgIpc) is 3.26. The number of esters is 1. The topological polar surface area (TPSA) is 61.3 Å². The summed E-state index contributed by atoms with van der Waals surface area (Å²) in [4.78, 5) is 12.8. The fourth-order valence-electron chi connectivity index (χ4n) is 4.87. The van der Waals surface area contributed by atoms with Gasteiger partial charge in [-0.05, 0) is 19.3 Å². The Hall–Kier alpha value is -0.740. The van der Waals surface area contributed by atoms with Crippen molar-refractivity contribution in [3.05, 3.63) is 11.8 Å². The molecule has 1 aromatic rings. The fraction of sp³-hybridized carbons (Fsp3) is 0.792. The second-order valence-electron chi connectivity index (χ2n) is 9.34. The first-order valence-electron chi connectivity index (χ1n) is 12.3. The minimum atomic E-state index is -0.122. The van der Waals surface area contributed by atoms with Crippen LogP contribution in [0.2, 0.25) is 0 Å². The second-order valence-corrected chi connectivity index (χ2v) is 9.87. The molecule has 0 N–H and O–H groups in total. The number of likely N-dealkylation sites (N-methyl/N-ethyl adjacent to an activating group) is 1. The van der Waals surface area contributed by atoms with Crippen molar-refractivity contribution in [3.63, 3.8) is 0 Å². The summed E-state index contributed by atoms with van der Waals surface area (Å²) in [5.74, 6) is 0.756. The van der Waals surface area contributed by atoms with E-state index in [2.05, 4.69) is 35.7 Å². The van der Waals surface area contributed by atoms with Gasteiger partial charge >= 0.3 is 5.97 Å². The molecule has 8 heteroatoms. The van der Waals surface area contributed by atoms with Crippen LogP contribution in [-0.2, 0) is 9.53 Å². The van der Waals surface area contributed by atoms with Gasteiger partial charge in [-0.25, -0.2) is 0 Å². The van der Waals surface area contributed by atoms with Gasteiger partial charge in [-0.3, -0.25) is 9.28 Å². The number of unbranched alkanes of at least 4 members (excludes halogenated alkanes) is 3. The first-order chi connectivity index (χ1) is 15.1. The first-order valence-corrected chi connectivity index (χ1v) is 13.0. The first kappa shape index (κ1) is 27.5. The van der Waals surface area contributed by atoms with Crippen molar-refractivity contribution >= 4 is 23.3 Å². The number of hydrogen-bond donors (Lipinski definition) is 0. The summed E-state index contributed by atoms with van der Waals surface area (Å²) in [6, 6.07) is 0. The van der Waals surface area contributed by atoms with Crippen molar-refractivity contribution in [2.45, 2.75) is 90.7 Å². The highest BCUT2D eigenvalue weighted by Crippen LogP contribution is 2.33. The summed E-state index contributed by atoms with van der Waals surface area (Å²) in [6.45, 7) is 6.77. The molecule has 6 nitrogen and oxygen atoms in total. The molecule has 0 bridgehead atoms. The van der Waals surface area contributed by atoms with Gasteiger partial charge in [0.15, 0.2) is 0 Å². The Balaban J connectivity index is 0.00000363. The molecule has 2 heterocycles. The average molecular weight is 578 g/mol. The molecule has 182 valence electrons. The van der Waals surface area contributed by atoms with Crippen molar-refractivity contribution in [2.24, 2.45) is 5.92 Å². The van der Waals surface area contributed by atoms with E-state index in [1.807, 2.05) is 0 Å². The number of carbonyl (C=O) groups excluding carboxylic acids is 1. The maximum Gasteiger partial charge on any atom is 0.313 e. The second kappa shape index (κ2) is 13.8. The molecule has 2 unspecified atom stereocenters. The van der Waals surface area contributed by atoms with Crippen LogP contribution in [0.3, 0.4) is 0 Å². The fourth-order valence-corrected chi connectivity index (χ4v) is 5.40. The van der Waals surface area contributed by atoms with Gasteiger partial charge in [-0.15, -0.1) is 4.37 Å². The Labute approximate surface area is 215 Å². The van der Waals surface area contributed by atoms with Crippen LogP contribution in [-0.4, -0.2) is 52.2 Å². The summed E-state index contributed by atoms with van der Waals surface area (Å²) in [5.41, 5.74) is 2.04. The van der Waals surface area contributed by atoms with Crippen molar-refractivity contribution in [2.75, 3.05) is 26.7 Å². The van der Waals surface area contributed by atoms with Gasteiger partial charge in [0.25, 0.3) is 5.88 Å². The molecule has 1 saturated carbocycles. The lowest BCUT2D eigenvalue weighted by atomic mass is 9.89. The van der Waals surface area contributed by atoms with E-state index in [0.717, 1.165) is 63.7 Å². The highest BCUT2D eigenvalue weighted by Gasteiger charge is 2.39. The lowest BCUT2D eigenvalue weighted by molar-refractivity contribution is -0.947. The van der Waals surface area contributed by atoms with E-state index >= 15 is 0 Å². The van der Waals surface area contributed by atoms with Crippen LogP contribution >= 0.6 is 11.7 Å². The third-order valence-corrected chi connectivity index (χ3v) is 7.31. The van der Waals surface area contributed by atoms with Gasteiger partial charge in [-0.1, -0.05) is 58.4 Å². The third-order valence-electron chi connectivity index (χ3n) is 6.80. The van der Waals surface area contributed by atoms with Crippen LogP contribution in [0.1, 0.15) is 90.2 Å². The quantitative estimate of drug-likeness (QED) is 0.175. The highest BCUT2D eigenvalue weighted by atomic mass is 127. The van der Waals surface area contributed by atoms with Crippen LogP contribution < -0.4 is 28.7 Å². The van der Waals surface area contributed by atoms with Gasteiger partial charge in [-0.2, -0.15) is 4.37 Å². The number of hydrogen-bond acceptors (Lipinski definition) is 6. The van der Waals surface area contributed by atoms with E-state index in [9.17, 15) is 4.79 Å². The van der Waals surface area contributed by atoms with Gasteiger partial charge < -0.3 is 33.5 Å². The molecule has 1 fully saturated rings. The largest absolute Gasteiger partial charge is 1.00 e. The maximum absolute atomic E-state index is 12.8. The lowest BCUT2D eigenvalue weighted by Crippen LogP contribution is -3.00. The van der Waals surface area contributed by atoms with E-state index < -0.39 is 0 Å². The molecule has 32 heavy (non-hydrogen) atoms. The number of ether oxygens (including phenoxy) is 2. The molecule has 1 aromatic heterocycles. The molecular formula is C24H40IN3O3S. The Morgan fingerprint density at radius 2 is 1.97 bits per heavy atom. The van der Waals surface area contributed by atoms with E-state index in [4.69, 9.17) is 9.47 Å². The number of carbonyl (C=O) groups is 1. The molecule has 0 radical (unpaired) electrons. The summed E-state index contributed by atoms with van der Waals surface area (Å²) < 4.78 is 21.8. The lowest BCUT2D eigenvalue weighted by Gasteiger charge is -2.42.